The quantitative estimate of drug-likeness (QED) is 0.242. The standard InChI is InChI=1S/C32H35BrFNO4/c1-36-30-19-29(35-15-13-22(14-16-35)32(37-2)38-3)28(34)18-26(30)31-25-11-10-24(17-23(25)9-12-27(31)33)39-20-21-7-5-4-6-8-21/h4-8,10-11,17-19,22,32H,9,12-16,20H2,1-3H3. The predicted molar refractivity (Wildman–Crippen MR) is 156 cm³/mol. The molecule has 3 aromatic rings. The third-order valence-corrected chi connectivity index (χ3v) is 8.54. The SMILES string of the molecule is COc1cc(N2CCC(C(OC)OC)CC2)c(F)cc1C1=C(Br)CCc2cc(OCc3ccccc3)ccc21. The van der Waals surface area contributed by atoms with Crippen LogP contribution in [0, 0.1) is 11.7 Å². The summed E-state index contributed by atoms with van der Waals surface area (Å²) in [6.45, 7) is 1.98. The Balaban J connectivity index is 1.39. The van der Waals surface area contributed by atoms with Crippen LogP contribution in [0.25, 0.3) is 5.57 Å². The highest BCUT2D eigenvalue weighted by molar-refractivity contribution is 9.11. The summed E-state index contributed by atoms with van der Waals surface area (Å²) in [5.74, 6) is 1.53. The van der Waals surface area contributed by atoms with Crippen LogP contribution in [-0.4, -0.2) is 40.7 Å². The molecule has 0 bridgehead atoms. The lowest BCUT2D eigenvalue weighted by Crippen LogP contribution is -2.39. The molecular formula is C32H35BrFNO4. The number of anilines is 1. The molecule has 0 saturated carbocycles. The van der Waals surface area contributed by atoms with Gasteiger partial charge in [0.15, 0.2) is 6.29 Å². The van der Waals surface area contributed by atoms with Gasteiger partial charge in [0.25, 0.3) is 0 Å². The summed E-state index contributed by atoms with van der Waals surface area (Å²) in [7, 11) is 4.98. The average molecular weight is 597 g/mol. The molecule has 206 valence electrons. The number of hydrogen-bond donors (Lipinski definition) is 0. The van der Waals surface area contributed by atoms with Crippen LogP contribution in [0.15, 0.2) is 65.1 Å². The zero-order chi connectivity index (χ0) is 27.4. The molecule has 5 nitrogen and oxygen atoms in total. The van der Waals surface area contributed by atoms with E-state index in [1.54, 1.807) is 27.4 Å². The van der Waals surface area contributed by atoms with Crippen LogP contribution >= 0.6 is 15.9 Å². The van der Waals surface area contributed by atoms with Gasteiger partial charge < -0.3 is 23.8 Å². The number of halogens is 2. The van der Waals surface area contributed by atoms with E-state index in [0.29, 0.717) is 24.0 Å². The molecule has 0 aromatic heterocycles. The van der Waals surface area contributed by atoms with Crippen molar-refractivity contribution in [3.05, 3.63) is 93.2 Å². The molecule has 7 heteroatoms. The molecule has 0 spiro atoms. The van der Waals surface area contributed by atoms with Crippen molar-refractivity contribution in [1.82, 2.24) is 0 Å². The zero-order valence-corrected chi connectivity index (χ0v) is 24.3. The molecule has 5 rings (SSSR count). The summed E-state index contributed by atoms with van der Waals surface area (Å²) in [6.07, 6.45) is 3.21. The van der Waals surface area contributed by atoms with Gasteiger partial charge in [0.1, 0.15) is 23.9 Å². The molecular weight excluding hydrogens is 561 g/mol. The highest BCUT2D eigenvalue weighted by Gasteiger charge is 2.29. The summed E-state index contributed by atoms with van der Waals surface area (Å²) < 4.78 is 39.6. The minimum Gasteiger partial charge on any atom is -0.496 e. The van der Waals surface area contributed by atoms with Crippen molar-refractivity contribution in [2.75, 3.05) is 39.3 Å². The average Bonchev–Trinajstić information content (AvgIpc) is 2.97. The highest BCUT2D eigenvalue weighted by atomic mass is 79.9. The third kappa shape index (κ3) is 6.01. The second-order valence-electron chi connectivity index (χ2n) is 10.0. The topological polar surface area (TPSA) is 40.2 Å². The first kappa shape index (κ1) is 27.7. The van der Waals surface area contributed by atoms with Crippen LogP contribution in [0.3, 0.4) is 0 Å². The van der Waals surface area contributed by atoms with Gasteiger partial charge in [-0.2, -0.15) is 0 Å². The number of fused-ring (bicyclic) bond motifs is 1. The van der Waals surface area contributed by atoms with Gasteiger partial charge in [-0.25, -0.2) is 4.39 Å². The Morgan fingerprint density at radius 3 is 2.36 bits per heavy atom. The normalized spacial score (nSPS) is 16.0. The van der Waals surface area contributed by atoms with E-state index >= 15 is 4.39 Å². The molecule has 0 atom stereocenters. The minimum atomic E-state index is -0.248. The van der Waals surface area contributed by atoms with Crippen LogP contribution < -0.4 is 14.4 Å². The number of ether oxygens (including phenoxy) is 4. The third-order valence-electron chi connectivity index (χ3n) is 7.75. The lowest BCUT2D eigenvalue weighted by Gasteiger charge is -2.36. The summed E-state index contributed by atoms with van der Waals surface area (Å²) in [4.78, 5) is 2.09. The Morgan fingerprint density at radius 2 is 1.67 bits per heavy atom. The van der Waals surface area contributed by atoms with Crippen molar-refractivity contribution in [3.63, 3.8) is 0 Å². The molecule has 0 amide bonds. The van der Waals surface area contributed by atoms with Crippen LogP contribution in [0.5, 0.6) is 11.5 Å². The molecule has 0 N–H and O–H groups in total. The number of aryl methyl sites for hydroxylation is 1. The maximum atomic E-state index is 15.7. The van der Waals surface area contributed by atoms with Crippen molar-refractivity contribution >= 4 is 27.2 Å². The molecule has 1 heterocycles. The summed E-state index contributed by atoms with van der Waals surface area (Å²) in [6, 6.07) is 19.8. The smallest absolute Gasteiger partial charge is 0.159 e. The van der Waals surface area contributed by atoms with E-state index in [0.717, 1.165) is 71.3 Å². The van der Waals surface area contributed by atoms with Crippen molar-refractivity contribution in [2.24, 2.45) is 5.92 Å². The monoisotopic (exact) mass is 595 g/mol. The Labute approximate surface area is 238 Å². The summed E-state index contributed by atoms with van der Waals surface area (Å²) >= 11 is 3.79. The van der Waals surface area contributed by atoms with E-state index in [4.69, 9.17) is 18.9 Å². The fraction of sp³-hybridized carbons (Fsp3) is 0.375. The van der Waals surface area contributed by atoms with E-state index in [2.05, 4.69) is 45.1 Å². The number of methoxy groups -OCH3 is 3. The maximum absolute atomic E-state index is 15.7. The van der Waals surface area contributed by atoms with Crippen molar-refractivity contribution in [2.45, 2.75) is 38.6 Å². The van der Waals surface area contributed by atoms with Crippen molar-refractivity contribution < 1.29 is 23.3 Å². The Bertz CT molecular complexity index is 1320. The zero-order valence-electron chi connectivity index (χ0n) is 22.7. The van der Waals surface area contributed by atoms with Gasteiger partial charge in [0.2, 0.25) is 0 Å². The first-order valence-corrected chi connectivity index (χ1v) is 14.2. The number of rotatable bonds is 9. The van der Waals surface area contributed by atoms with Crippen LogP contribution in [0.4, 0.5) is 10.1 Å². The fourth-order valence-electron chi connectivity index (χ4n) is 5.70. The first-order valence-electron chi connectivity index (χ1n) is 13.4. The second kappa shape index (κ2) is 12.5. The molecule has 39 heavy (non-hydrogen) atoms. The molecule has 1 saturated heterocycles. The van der Waals surface area contributed by atoms with Gasteiger partial charge in [-0.1, -0.05) is 52.3 Å². The summed E-state index contributed by atoms with van der Waals surface area (Å²) in [5.41, 5.74) is 5.65. The molecule has 1 aliphatic heterocycles. The van der Waals surface area contributed by atoms with E-state index in [1.165, 1.54) is 5.56 Å². The van der Waals surface area contributed by atoms with Gasteiger partial charge >= 0.3 is 0 Å². The molecule has 1 fully saturated rings. The lowest BCUT2D eigenvalue weighted by molar-refractivity contribution is -0.141. The number of hydrogen-bond acceptors (Lipinski definition) is 5. The maximum Gasteiger partial charge on any atom is 0.159 e. The van der Waals surface area contributed by atoms with Gasteiger partial charge in [-0.05, 0) is 60.6 Å². The molecule has 2 aliphatic rings. The number of benzene rings is 3. The van der Waals surface area contributed by atoms with Crippen molar-refractivity contribution in [1.29, 1.82) is 0 Å². The summed E-state index contributed by atoms with van der Waals surface area (Å²) in [5, 5.41) is 0. The van der Waals surface area contributed by atoms with Crippen LogP contribution in [-0.2, 0) is 22.5 Å². The largest absolute Gasteiger partial charge is 0.496 e. The second-order valence-corrected chi connectivity index (χ2v) is 11.0. The number of allylic oxidation sites excluding steroid dienone is 1. The Morgan fingerprint density at radius 1 is 0.923 bits per heavy atom. The number of nitrogens with zero attached hydrogens (tertiary/aromatic N) is 1. The molecule has 1 aliphatic carbocycles. The Kier molecular flexibility index (Phi) is 8.90. The molecule has 0 unspecified atom stereocenters. The van der Waals surface area contributed by atoms with E-state index in [1.807, 2.05) is 30.3 Å². The van der Waals surface area contributed by atoms with Gasteiger partial charge in [-0.15, -0.1) is 0 Å². The van der Waals surface area contributed by atoms with E-state index in [9.17, 15) is 0 Å². The minimum absolute atomic E-state index is 0.228. The first-order chi connectivity index (χ1) is 19.0. The lowest BCUT2D eigenvalue weighted by atomic mass is 9.86. The molecule has 0 radical (unpaired) electrons. The van der Waals surface area contributed by atoms with E-state index in [-0.39, 0.29) is 12.1 Å². The Hall–Kier alpha value is -2.87. The number of piperidine rings is 1. The highest BCUT2D eigenvalue weighted by Crippen LogP contribution is 2.44. The predicted octanol–water partition coefficient (Wildman–Crippen LogP) is 7.35. The van der Waals surface area contributed by atoms with Crippen LogP contribution in [0.1, 0.15) is 41.5 Å². The van der Waals surface area contributed by atoms with Crippen LogP contribution in [0.2, 0.25) is 0 Å². The van der Waals surface area contributed by atoms with Gasteiger partial charge in [0, 0.05) is 54.9 Å². The van der Waals surface area contributed by atoms with Gasteiger partial charge in [-0.3, -0.25) is 0 Å². The van der Waals surface area contributed by atoms with E-state index < -0.39 is 0 Å². The molecule has 3 aromatic carbocycles. The van der Waals surface area contributed by atoms with Gasteiger partial charge in [0.05, 0.1) is 12.8 Å². The fourth-order valence-corrected chi connectivity index (χ4v) is 6.33. The van der Waals surface area contributed by atoms with Crippen molar-refractivity contribution in [3.8, 4) is 11.5 Å².